The zero-order valence-electron chi connectivity index (χ0n) is 14.5. The van der Waals surface area contributed by atoms with Crippen LogP contribution in [0.25, 0.3) is 0 Å². The molecule has 2 aliphatic rings. The summed E-state index contributed by atoms with van der Waals surface area (Å²) in [6, 6.07) is 3.20. The fourth-order valence-corrected chi connectivity index (χ4v) is 2.99. The molecule has 1 aromatic carbocycles. The third-order valence-electron chi connectivity index (χ3n) is 5.29. The van der Waals surface area contributed by atoms with Crippen LogP contribution < -0.4 is 10.8 Å². The largest absolute Gasteiger partial charge is 0.494 e. The van der Waals surface area contributed by atoms with Crippen molar-refractivity contribution in [2.24, 2.45) is 0 Å². The molecule has 0 spiro atoms. The Hall–Kier alpha value is -1.40. The average Bonchev–Trinajstić information content (AvgIpc) is 2.63. The molecule has 0 saturated carbocycles. The van der Waals surface area contributed by atoms with Gasteiger partial charge >= 0.3 is 7.12 Å². The summed E-state index contributed by atoms with van der Waals surface area (Å²) in [5, 5.41) is 2.74. The molecule has 6 heteroatoms. The Labute approximate surface area is 136 Å². The first-order valence-corrected chi connectivity index (χ1v) is 7.92. The molecule has 124 valence electrons. The van der Waals surface area contributed by atoms with Gasteiger partial charge in [0.1, 0.15) is 5.82 Å². The van der Waals surface area contributed by atoms with Crippen LogP contribution in [0.3, 0.4) is 0 Å². The summed E-state index contributed by atoms with van der Waals surface area (Å²) in [5.41, 5.74) is 0.118. The van der Waals surface area contributed by atoms with E-state index in [0.29, 0.717) is 17.6 Å². The second kappa shape index (κ2) is 4.80. The molecule has 1 saturated heterocycles. The van der Waals surface area contributed by atoms with Gasteiger partial charge in [0.15, 0.2) is 0 Å². The lowest BCUT2D eigenvalue weighted by atomic mass is 9.72. The molecule has 0 atom stereocenters. The predicted molar refractivity (Wildman–Crippen MR) is 87.5 cm³/mol. The van der Waals surface area contributed by atoms with Crippen molar-refractivity contribution in [1.29, 1.82) is 0 Å². The van der Waals surface area contributed by atoms with Gasteiger partial charge in [-0.3, -0.25) is 4.79 Å². The van der Waals surface area contributed by atoms with Crippen LogP contribution in [-0.4, -0.2) is 30.8 Å². The molecule has 2 aliphatic heterocycles. The van der Waals surface area contributed by atoms with Gasteiger partial charge in [-0.2, -0.15) is 0 Å². The molecule has 4 nitrogen and oxygen atoms in total. The van der Waals surface area contributed by atoms with Gasteiger partial charge in [-0.1, -0.05) is 19.9 Å². The molecule has 0 aromatic heterocycles. The first-order valence-electron chi connectivity index (χ1n) is 7.92. The fraction of sp³-hybridized carbons (Fsp3) is 0.588. The van der Waals surface area contributed by atoms with E-state index in [9.17, 15) is 9.18 Å². The van der Waals surface area contributed by atoms with Crippen molar-refractivity contribution >= 4 is 18.5 Å². The van der Waals surface area contributed by atoms with Gasteiger partial charge < -0.3 is 14.6 Å². The maximum absolute atomic E-state index is 14.6. The van der Waals surface area contributed by atoms with Crippen molar-refractivity contribution in [2.75, 3.05) is 6.54 Å². The predicted octanol–water partition coefficient (Wildman–Crippen LogP) is 2.15. The standard InChI is InChI=1S/C17H23BFNO3/c1-15(2)9-20-14(21)13-11(15)7-10(8-12(13)19)18-22-16(3,4)17(5,6)23-18/h7-8H,9H2,1-6H3,(H,20,21). The maximum atomic E-state index is 14.6. The van der Waals surface area contributed by atoms with Crippen LogP contribution in [0, 0.1) is 5.82 Å². The topological polar surface area (TPSA) is 47.6 Å². The lowest BCUT2D eigenvalue weighted by Crippen LogP contribution is -2.46. The highest BCUT2D eigenvalue weighted by atomic mass is 19.1. The second-order valence-corrected chi connectivity index (χ2v) is 8.08. The maximum Gasteiger partial charge on any atom is 0.494 e. The molecule has 1 aromatic rings. The zero-order valence-corrected chi connectivity index (χ0v) is 14.5. The Bertz CT molecular complexity index is 669. The van der Waals surface area contributed by atoms with E-state index in [1.165, 1.54) is 6.07 Å². The van der Waals surface area contributed by atoms with Gasteiger partial charge in [-0.15, -0.1) is 0 Å². The third kappa shape index (κ3) is 2.48. The van der Waals surface area contributed by atoms with Crippen molar-refractivity contribution in [3.05, 3.63) is 29.1 Å². The van der Waals surface area contributed by atoms with Crippen LogP contribution in [0.5, 0.6) is 0 Å². The van der Waals surface area contributed by atoms with Crippen molar-refractivity contribution in [1.82, 2.24) is 5.32 Å². The molecule has 1 fully saturated rings. The van der Waals surface area contributed by atoms with Crippen LogP contribution in [0.2, 0.25) is 0 Å². The van der Waals surface area contributed by atoms with Gasteiger partial charge in [-0.05, 0) is 44.8 Å². The van der Waals surface area contributed by atoms with Crippen LogP contribution in [-0.2, 0) is 14.7 Å². The smallest absolute Gasteiger partial charge is 0.399 e. The minimum Gasteiger partial charge on any atom is -0.399 e. The molecule has 0 radical (unpaired) electrons. The Kier molecular flexibility index (Phi) is 3.44. The monoisotopic (exact) mass is 319 g/mol. The number of rotatable bonds is 1. The van der Waals surface area contributed by atoms with E-state index in [1.807, 2.05) is 47.6 Å². The minimum absolute atomic E-state index is 0.126. The van der Waals surface area contributed by atoms with E-state index >= 15 is 0 Å². The first-order chi connectivity index (χ1) is 10.4. The molecule has 3 rings (SSSR count). The fourth-order valence-electron chi connectivity index (χ4n) is 2.99. The van der Waals surface area contributed by atoms with Crippen LogP contribution in [0.1, 0.15) is 57.5 Å². The van der Waals surface area contributed by atoms with Gasteiger partial charge in [0.25, 0.3) is 5.91 Å². The molecular formula is C17H23BFNO3. The van der Waals surface area contributed by atoms with Crippen molar-refractivity contribution < 1.29 is 18.5 Å². The zero-order chi connectivity index (χ0) is 17.2. The Balaban J connectivity index is 2.07. The number of benzene rings is 1. The highest BCUT2D eigenvalue weighted by molar-refractivity contribution is 6.62. The van der Waals surface area contributed by atoms with Crippen LogP contribution >= 0.6 is 0 Å². The Morgan fingerprint density at radius 2 is 1.65 bits per heavy atom. The lowest BCUT2D eigenvalue weighted by Gasteiger charge is -2.33. The Morgan fingerprint density at radius 3 is 2.22 bits per heavy atom. The summed E-state index contributed by atoms with van der Waals surface area (Å²) in [7, 11) is -0.638. The molecule has 2 heterocycles. The Morgan fingerprint density at radius 1 is 1.09 bits per heavy atom. The summed E-state index contributed by atoms with van der Waals surface area (Å²) in [6.45, 7) is 12.3. The van der Waals surface area contributed by atoms with Crippen LogP contribution in [0.4, 0.5) is 4.39 Å². The van der Waals surface area contributed by atoms with E-state index in [-0.39, 0.29) is 16.9 Å². The third-order valence-corrected chi connectivity index (χ3v) is 5.29. The number of amides is 1. The molecule has 1 amide bonds. The normalized spacial score (nSPS) is 24.3. The number of nitrogens with one attached hydrogen (secondary N) is 1. The number of carbonyl (C=O) groups excluding carboxylic acids is 1. The summed E-state index contributed by atoms with van der Waals surface area (Å²) >= 11 is 0. The highest BCUT2D eigenvalue weighted by Gasteiger charge is 2.52. The van der Waals surface area contributed by atoms with E-state index in [2.05, 4.69) is 5.32 Å². The van der Waals surface area contributed by atoms with Gasteiger partial charge in [-0.25, -0.2) is 4.39 Å². The number of hydrogen-bond acceptors (Lipinski definition) is 3. The summed E-state index contributed by atoms with van der Waals surface area (Å²) in [6.07, 6.45) is 0. The van der Waals surface area contributed by atoms with Crippen LogP contribution in [0.15, 0.2) is 12.1 Å². The van der Waals surface area contributed by atoms with E-state index in [0.717, 1.165) is 0 Å². The summed E-state index contributed by atoms with van der Waals surface area (Å²) < 4.78 is 26.6. The van der Waals surface area contributed by atoms with E-state index < -0.39 is 24.1 Å². The SMILES string of the molecule is CC1(C)CNC(=O)c2c(F)cc(B3OC(C)(C)C(C)(C)O3)cc21. The summed E-state index contributed by atoms with van der Waals surface area (Å²) in [5.74, 6) is -0.894. The molecule has 0 bridgehead atoms. The number of fused-ring (bicyclic) bond motifs is 1. The van der Waals surface area contributed by atoms with E-state index in [1.54, 1.807) is 0 Å². The van der Waals surface area contributed by atoms with Crippen molar-refractivity contribution in [3.63, 3.8) is 0 Å². The molecule has 1 N–H and O–H groups in total. The molecular weight excluding hydrogens is 296 g/mol. The second-order valence-electron chi connectivity index (χ2n) is 8.08. The quantitative estimate of drug-likeness (QED) is 0.807. The van der Waals surface area contributed by atoms with E-state index in [4.69, 9.17) is 9.31 Å². The van der Waals surface area contributed by atoms with Gasteiger partial charge in [0.05, 0.1) is 16.8 Å². The minimum atomic E-state index is -0.638. The van der Waals surface area contributed by atoms with Crippen molar-refractivity contribution in [3.8, 4) is 0 Å². The average molecular weight is 319 g/mol. The number of carbonyl (C=O) groups is 1. The molecule has 0 unspecified atom stereocenters. The number of hydrogen-bond donors (Lipinski definition) is 1. The first kappa shape index (κ1) is 16.5. The van der Waals surface area contributed by atoms with Gasteiger partial charge in [0, 0.05) is 12.0 Å². The van der Waals surface area contributed by atoms with Gasteiger partial charge in [0.2, 0.25) is 0 Å². The molecule has 0 aliphatic carbocycles. The summed E-state index contributed by atoms with van der Waals surface area (Å²) in [4.78, 5) is 12.0. The highest BCUT2D eigenvalue weighted by Crippen LogP contribution is 2.37. The number of halogens is 1. The van der Waals surface area contributed by atoms with Crippen molar-refractivity contribution in [2.45, 2.75) is 58.2 Å². The molecule has 23 heavy (non-hydrogen) atoms. The lowest BCUT2D eigenvalue weighted by molar-refractivity contribution is 0.00578.